The molecule has 4 rings (SSSR count). The van der Waals surface area contributed by atoms with E-state index in [1.54, 1.807) is 0 Å². The molecule has 1 aromatic carbocycles. The zero-order valence-electron chi connectivity index (χ0n) is 14.0. The molecule has 3 heterocycles. The summed E-state index contributed by atoms with van der Waals surface area (Å²) in [7, 11) is 0. The highest BCUT2D eigenvalue weighted by atomic mass is 32.1. The average molecular weight is 355 g/mol. The maximum absolute atomic E-state index is 5.61. The number of likely N-dealkylation sites (tertiary alicyclic amines) is 1. The number of piperidine rings is 1. The van der Waals surface area contributed by atoms with Gasteiger partial charge in [0.2, 0.25) is 0 Å². The van der Waals surface area contributed by atoms with E-state index in [1.807, 2.05) is 16.3 Å². The van der Waals surface area contributed by atoms with Crippen molar-refractivity contribution in [2.45, 2.75) is 32.0 Å². The molecule has 130 valence electrons. The van der Waals surface area contributed by atoms with E-state index >= 15 is 0 Å². The predicted molar refractivity (Wildman–Crippen MR) is 96.8 cm³/mol. The van der Waals surface area contributed by atoms with Gasteiger partial charge in [-0.05, 0) is 29.9 Å². The maximum Gasteiger partial charge on any atom is 0.105 e. The monoisotopic (exact) mass is 355 g/mol. The lowest BCUT2D eigenvalue weighted by atomic mass is 10.0. The first-order valence-corrected chi connectivity index (χ1v) is 9.35. The van der Waals surface area contributed by atoms with Crippen LogP contribution in [-0.2, 0) is 13.1 Å². The molecule has 1 saturated heterocycles. The first-order valence-electron chi connectivity index (χ1n) is 8.51. The van der Waals surface area contributed by atoms with Crippen molar-refractivity contribution >= 4 is 11.5 Å². The molecule has 1 fully saturated rings. The Kier molecular flexibility index (Phi) is 4.82. The average Bonchev–Trinajstić information content (AvgIpc) is 3.35. The fraction of sp³-hybridized carbons (Fsp3) is 0.412. The van der Waals surface area contributed by atoms with Gasteiger partial charge in [0.05, 0.1) is 17.9 Å². The van der Waals surface area contributed by atoms with E-state index in [0.29, 0.717) is 12.6 Å². The Labute approximate surface area is 150 Å². The van der Waals surface area contributed by atoms with Gasteiger partial charge in [-0.15, -0.1) is 10.2 Å². The van der Waals surface area contributed by atoms with Crippen LogP contribution in [0.3, 0.4) is 0 Å². The van der Waals surface area contributed by atoms with Crippen molar-refractivity contribution < 1.29 is 0 Å². The van der Waals surface area contributed by atoms with Gasteiger partial charge in [0.25, 0.3) is 0 Å². The van der Waals surface area contributed by atoms with Crippen LogP contribution in [0.2, 0.25) is 0 Å². The molecule has 0 atom stereocenters. The number of nitrogens with zero attached hydrogens (tertiary/aromatic N) is 6. The number of nitrogens with two attached hydrogens (primary N) is 1. The summed E-state index contributed by atoms with van der Waals surface area (Å²) in [5.74, 6) is 0. The van der Waals surface area contributed by atoms with Crippen molar-refractivity contribution in [2.24, 2.45) is 5.73 Å². The van der Waals surface area contributed by atoms with E-state index < -0.39 is 0 Å². The Morgan fingerprint density at radius 3 is 2.56 bits per heavy atom. The van der Waals surface area contributed by atoms with Gasteiger partial charge in [-0.1, -0.05) is 34.0 Å². The van der Waals surface area contributed by atoms with Crippen LogP contribution in [0.25, 0.3) is 11.3 Å². The summed E-state index contributed by atoms with van der Waals surface area (Å²) >= 11 is 1.38. The van der Waals surface area contributed by atoms with Gasteiger partial charge in [0.15, 0.2) is 0 Å². The number of hydrogen-bond acceptors (Lipinski definition) is 7. The summed E-state index contributed by atoms with van der Waals surface area (Å²) in [5.41, 5.74) is 9.87. The predicted octanol–water partition coefficient (Wildman–Crippen LogP) is 2.09. The Bertz CT molecular complexity index is 789. The first kappa shape index (κ1) is 16.3. The second-order valence-electron chi connectivity index (χ2n) is 6.39. The molecule has 25 heavy (non-hydrogen) atoms. The minimum Gasteiger partial charge on any atom is -0.325 e. The fourth-order valence-electron chi connectivity index (χ4n) is 3.26. The normalized spacial score (nSPS) is 16.4. The zero-order chi connectivity index (χ0) is 17.1. The van der Waals surface area contributed by atoms with Crippen LogP contribution in [0.1, 0.15) is 30.1 Å². The summed E-state index contributed by atoms with van der Waals surface area (Å²) in [4.78, 5) is 2.50. The Balaban J connectivity index is 1.32. The van der Waals surface area contributed by atoms with Crippen molar-refractivity contribution in [1.82, 2.24) is 29.5 Å². The summed E-state index contributed by atoms with van der Waals surface area (Å²) in [5, 5.41) is 14.4. The lowest BCUT2D eigenvalue weighted by Crippen LogP contribution is -2.34. The van der Waals surface area contributed by atoms with Gasteiger partial charge in [-0.3, -0.25) is 4.90 Å². The zero-order valence-corrected chi connectivity index (χ0v) is 14.8. The fourth-order valence-corrected chi connectivity index (χ4v) is 3.72. The van der Waals surface area contributed by atoms with Crippen LogP contribution in [0.15, 0.2) is 35.8 Å². The second-order valence-corrected chi connectivity index (χ2v) is 7.00. The van der Waals surface area contributed by atoms with Gasteiger partial charge in [-0.25, -0.2) is 4.68 Å². The number of rotatable bonds is 5. The van der Waals surface area contributed by atoms with E-state index in [2.05, 4.69) is 49.1 Å². The molecule has 7 nitrogen and oxygen atoms in total. The van der Waals surface area contributed by atoms with E-state index in [1.165, 1.54) is 17.1 Å². The maximum atomic E-state index is 5.61. The molecule has 0 aliphatic carbocycles. The summed E-state index contributed by atoms with van der Waals surface area (Å²) in [6.07, 6.45) is 4.16. The quantitative estimate of drug-likeness (QED) is 0.754. The van der Waals surface area contributed by atoms with E-state index in [-0.39, 0.29) is 0 Å². The molecule has 2 N–H and O–H groups in total. The lowest BCUT2D eigenvalue weighted by Gasteiger charge is -2.31. The molecule has 0 radical (unpaired) electrons. The van der Waals surface area contributed by atoms with Crippen molar-refractivity contribution in [1.29, 1.82) is 0 Å². The van der Waals surface area contributed by atoms with Crippen LogP contribution in [0, 0.1) is 0 Å². The Morgan fingerprint density at radius 1 is 1.12 bits per heavy atom. The Hall–Kier alpha value is -2.16. The van der Waals surface area contributed by atoms with Crippen molar-refractivity contribution in [3.63, 3.8) is 0 Å². The highest BCUT2D eigenvalue weighted by Crippen LogP contribution is 2.24. The van der Waals surface area contributed by atoms with Crippen LogP contribution in [-0.4, -0.2) is 42.6 Å². The second kappa shape index (κ2) is 7.38. The lowest BCUT2D eigenvalue weighted by molar-refractivity contribution is 0.172. The van der Waals surface area contributed by atoms with Crippen LogP contribution < -0.4 is 5.73 Å². The van der Waals surface area contributed by atoms with Crippen molar-refractivity contribution in [3.8, 4) is 11.3 Å². The van der Waals surface area contributed by atoms with E-state index in [4.69, 9.17) is 5.73 Å². The molecule has 0 bridgehead atoms. The van der Waals surface area contributed by atoms with Gasteiger partial charge in [0.1, 0.15) is 5.69 Å². The van der Waals surface area contributed by atoms with Crippen molar-refractivity contribution in [3.05, 3.63) is 47.1 Å². The molecule has 2 aromatic heterocycles. The molecular weight excluding hydrogens is 334 g/mol. The van der Waals surface area contributed by atoms with Crippen molar-refractivity contribution in [2.75, 3.05) is 13.1 Å². The third-order valence-corrected chi connectivity index (χ3v) is 5.22. The number of aromatic nitrogens is 5. The minimum atomic E-state index is 0.434. The third kappa shape index (κ3) is 3.76. The van der Waals surface area contributed by atoms with Gasteiger partial charge in [-0.2, -0.15) is 0 Å². The number of hydrogen-bond donors (Lipinski definition) is 1. The molecule has 1 aliphatic rings. The Morgan fingerprint density at radius 2 is 1.92 bits per heavy atom. The van der Waals surface area contributed by atoms with Crippen LogP contribution >= 0.6 is 11.5 Å². The van der Waals surface area contributed by atoms with Crippen LogP contribution in [0.4, 0.5) is 0 Å². The summed E-state index contributed by atoms with van der Waals surface area (Å²) in [6.45, 7) is 3.57. The molecule has 8 heteroatoms. The van der Waals surface area contributed by atoms with Gasteiger partial charge >= 0.3 is 0 Å². The topological polar surface area (TPSA) is 85.8 Å². The molecule has 0 unspecified atom stereocenters. The van der Waals surface area contributed by atoms with E-state index in [9.17, 15) is 0 Å². The van der Waals surface area contributed by atoms with Gasteiger partial charge in [0, 0.05) is 37.1 Å². The summed E-state index contributed by atoms with van der Waals surface area (Å²) in [6, 6.07) is 9.06. The molecule has 3 aromatic rings. The largest absolute Gasteiger partial charge is 0.325 e. The molecule has 0 amide bonds. The molecule has 1 aliphatic heterocycles. The standard InChI is InChI=1S/C17H21N7S/c18-9-15-11-24(21-19-15)16-5-7-23(8-6-16)10-13-1-3-14(4-2-13)17-12-25-22-20-17/h1-4,11-12,16H,5-10,18H2. The number of benzene rings is 1. The van der Waals surface area contributed by atoms with Gasteiger partial charge < -0.3 is 5.73 Å². The SMILES string of the molecule is NCc1cn(C2CCN(Cc3ccc(-c4csnn4)cc3)CC2)nn1. The van der Waals surface area contributed by atoms with E-state index in [0.717, 1.165) is 49.4 Å². The molecule has 0 saturated carbocycles. The first-order chi connectivity index (χ1) is 12.3. The van der Waals surface area contributed by atoms with Crippen LogP contribution in [0.5, 0.6) is 0 Å². The highest BCUT2D eigenvalue weighted by molar-refractivity contribution is 7.03. The smallest absolute Gasteiger partial charge is 0.105 e. The highest BCUT2D eigenvalue weighted by Gasteiger charge is 2.21. The minimum absolute atomic E-state index is 0.434. The molecular formula is C17H21N7S. The molecule has 0 spiro atoms. The third-order valence-electron chi connectivity index (χ3n) is 4.71. The summed E-state index contributed by atoms with van der Waals surface area (Å²) < 4.78 is 5.90.